The summed E-state index contributed by atoms with van der Waals surface area (Å²) in [6.07, 6.45) is 2.54. The van der Waals surface area contributed by atoms with Gasteiger partial charge in [0.2, 0.25) is 0 Å². The summed E-state index contributed by atoms with van der Waals surface area (Å²) in [5.74, 6) is 2.59. The summed E-state index contributed by atoms with van der Waals surface area (Å²) in [6.45, 7) is 4.39. The molecule has 1 fully saturated rings. The van der Waals surface area contributed by atoms with Gasteiger partial charge in [-0.2, -0.15) is 11.8 Å². The predicted molar refractivity (Wildman–Crippen MR) is 75.5 cm³/mol. The van der Waals surface area contributed by atoms with Crippen LogP contribution in [0.2, 0.25) is 0 Å². The number of nitrogens with zero attached hydrogens (tertiary/aromatic N) is 1. The lowest BCUT2D eigenvalue weighted by Gasteiger charge is -2.08. The minimum atomic E-state index is 0.622. The lowest BCUT2D eigenvalue weighted by molar-refractivity contribution is 0.910. The number of rotatable bonds is 4. The third-order valence-corrected chi connectivity index (χ3v) is 4.95. The number of thioether (sulfide) groups is 1. The molecule has 0 bridgehead atoms. The summed E-state index contributed by atoms with van der Waals surface area (Å²) < 4.78 is 1.68. The highest BCUT2D eigenvalue weighted by atomic mass is 79.9. The number of aromatic nitrogens is 2. The molecule has 1 aliphatic carbocycles. The zero-order chi connectivity index (χ0) is 11.7. The molecule has 1 aromatic rings. The average molecular weight is 319 g/mol. The highest BCUT2D eigenvalue weighted by molar-refractivity contribution is 9.10. The number of aromatic amines is 1. The molecule has 16 heavy (non-hydrogen) atoms. The van der Waals surface area contributed by atoms with Crippen LogP contribution in [0.5, 0.6) is 0 Å². The van der Waals surface area contributed by atoms with Crippen molar-refractivity contribution in [1.29, 1.82) is 0 Å². The van der Waals surface area contributed by atoms with Crippen LogP contribution in [0.1, 0.15) is 44.1 Å². The van der Waals surface area contributed by atoms with Crippen molar-refractivity contribution in [3.63, 3.8) is 0 Å². The average Bonchev–Trinajstić information content (AvgIpc) is 3.03. The van der Waals surface area contributed by atoms with E-state index in [1.165, 1.54) is 18.5 Å². The van der Waals surface area contributed by atoms with Gasteiger partial charge in [-0.1, -0.05) is 26.1 Å². The number of nitrogens with one attached hydrogen (secondary N) is 1. The molecule has 0 spiro atoms. The van der Waals surface area contributed by atoms with E-state index < -0.39 is 0 Å². The Kier molecular flexibility index (Phi) is 4.08. The van der Waals surface area contributed by atoms with Gasteiger partial charge >= 0.3 is 0 Å². The summed E-state index contributed by atoms with van der Waals surface area (Å²) in [5.41, 5.74) is 1.25. The van der Waals surface area contributed by atoms with Crippen LogP contribution in [-0.2, 0) is 5.75 Å². The monoisotopic (exact) mass is 318 g/mol. The third-order valence-electron chi connectivity index (χ3n) is 2.48. The predicted octanol–water partition coefficient (Wildman–Crippen LogP) is 4.42. The van der Waals surface area contributed by atoms with Crippen molar-refractivity contribution in [3.8, 4) is 0 Å². The second-order valence-electron chi connectivity index (χ2n) is 4.35. The maximum absolute atomic E-state index is 5.27. The van der Waals surface area contributed by atoms with Gasteiger partial charge in [0.1, 0.15) is 10.5 Å². The first-order valence-corrected chi connectivity index (χ1v) is 7.73. The van der Waals surface area contributed by atoms with Crippen molar-refractivity contribution in [2.45, 2.75) is 43.6 Å². The largest absolute Gasteiger partial charge is 0.345 e. The Morgan fingerprint density at radius 2 is 2.25 bits per heavy atom. The molecule has 1 aromatic heterocycles. The Balaban J connectivity index is 2.22. The fraction of sp³-hybridized carbons (Fsp3) is 0.636. The molecule has 0 unspecified atom stereocenters. The van der Waals surface area contributed by atoms with Gasteiger partial charge in [0.15, 0.2) is 0 Å². The number of halogens is 1. The Hall–Kier alpha value is 0.130. The maximum Gasteiger partial charge on any atom is 0.144 e. The van der Waals surface area contributed by atoms with Gasteiger partial charge in [-0.15, -0.1) is 0 Å². The molecule has 1 aliphatic rings. The van der Waals surface area contributed by atoms with E-state index in [0.717, 1.165) is 16.0 Å². The van der Waals surface area contributed by atoms with Crippen molar-refractivity contribution in [2.75, 3.05) is 0 Å². The van der Waals surface area contributed by atoms with Gasteiger partial charge < -0.3 is 4.98 Å². The van der Waals surface area contributed by atoms with Crippen LogP contribution in [0.3, 0.4) is 0 Å². The van der Waals surface area contributed by atoms with Gasteiger partial charge in [0, 0.05) is 11.6 Å². The molecule has 1 N–H and O–H groups in total. The summed E-state index contributed by atoms with van der Waals surface area (Å²) >= 11 is 10.7. The third kappa shape index (κ3) is 3.08. The first kappa shape index (κ1) is 12.6. The molecule has 0 atom stereocenters. The fourth-order valence-corrected chi connectivity index (χ4v) is 2.85. The van der Waals surface area contributed by atoms with Gasteiger partial charge in [0.05, 0.1) is 10.2 Å². The van der Waals surface area contributed by atoms with E-state index in [1.54, 1.807) is 0 Å². The van der Waals surface area contributed by atoms with Gasteiger partial charge in [-0.3, -0.25) is 0 Å². The van der Waals surface area contributed by atoms with E-state index in [4.69, 9.17) is 12.2 Å². The molecule has 0 aliphatic heterocycles. The van der Waals surface area contributed by atoms with Crippen LogP contribution in [-0.4, -0.2) is 15.2 Å². The minimum absolute atomic E-state index is 0.622. The van der Waals surface area contributed by atoms with Crippen LogP contribution in [0.25, 0.3) is 0 Å². The normalized spacial score (nSPS) is 15.8. The van der Waals surface area contributed by atoms with Crippen molar-refractivity contribution < 1.29 is 0 Å². The van der Waals surface area contributed by atoms with E-state index in [-0.39, 0.29) is 0 Å². The van der Waals surface area contributed by atoms with E-state index in [2.05, 4.69) is 39.7 Å². The molecule has 5 heteroatoms. The van der Waals surface area contributed by atoms with Gasteiger partial charge in [-0.05, 0) is 34.0 Å². The maximum atomic E-state index is 5.27. The van der Waals surface area contributed by atoms with E-state index in [0.29, 0.717) is 15.8 Å². The van der Waals surface area contributed by atoms with Crippen LogP contribution in [0, 0.1) is 4.64 Å². The standard InChI is InChI=1S/C11H15BrN2S2/c1-6(2)16-5-8-13-10(7-3-4-7)9(12)11(15)14-8/h6-7H,3-5H2,1-2H3,(H,13,14,15). The highest BCUT2D eigenvalue weighted by Crippen LogP contribution is 2.42. The van der Waals surface area contributed by atoms with Crippen LogP contribution in [0.15, 0.2) is 4.47 Å². The topological polar surface area (TPSA) is 28.7 Å². The number of hydrogen-bond acceptors (Lipinski definition) is 3. The molecule has 88 valence electrons. The Morgan fingerprint density at radius 3 is 2.81 bits per heavy atom. The second kappa shape index (κ2) is 5.19. The first-order chi connectivity index (χ1) is 7.58. The summed E-state index contributed by atoms with van der Waals surface area (Å²) in [5, 5.41) is 0.622. The van der Waals surface area contributed by atoms with Crippen molar-refractivity contribution >= 4 is 39.9 Å². The first-order valence-electron chi connectivity index (χ1n) is 5.48. The zero-order valence-corrected chi connectivity index (χ0v) is 12.6. The lowest BCUT2D eigenvalue weighted by atomic mass is 10.3. The molecule has 1 heterocycles. The molecule has 2 rings (SSSR count). The zero-order valence-electron chi connectivity index (χ0n) is 9.42. The van der Waals surface area contributed by atoms with Crippen LogP contribution >= 0.6 is 39.9 Å². The smallest absolute Gasteiger partial charge is 0.144 e. The molecule has 1 saturated carbocycles. The van der Waals surface area contributed by atoms with Gasteiger partial charge in [0.25, 0.3) is 0 Å². The Labute approximate surface area is 114 Å². The summed E-state index contributed by atoms with van der Waals surface area (Å²) in [7, 11) is 0. The molecule has 0 aromatic carbocycles. The molecule has 0 amide bonds. The molecule has 0 saturated heterocycles. The van der Waals surface area contributed by atoms with Gasteiger partial charge in [-0.25, -0.2) is 4.98 Å². The lowest BCUT2D eigenvalue weighted by Crippen LogP contribution is -2.01. The summed E-state index contributed by atoms with van der Waals surface area (Å²) in [4.78, 5) is 7.83. The summed E-state index contributed by atoms with van der Waals surface area (Å²) in [6, 6.07) is 0. The minimum Gasteiger partial charge on any atom is -0.345 e. The number of H-pyrrole nitrogens is 1. The SMILES string of the molecule is CC(C)SCc1nc(=S)c(Br)c(C2CC2)[nH]1. The van der Waals surface area contributed by atoms with E-state index in [1.807, 2.05) is 11.8 Å². The van der Waals surface area contributed by atoms with Crippen LogP contribution < -0.4 is 0 Å². The highest BCUT2D eigenvalue weighted by Gasteiger charge is 2.27. The van der Waals surface area contributed by atoms with E-state index in [9.17, 15) is 0 Å². The van der Waals surface area contributed by atoms with Crippen molar-refractivity contribution in [2.24, 2.45) is 0 Å². The van der Waals surface area contributed by atoms with Crippen LogP contribution in [0.4, 0.5) is 0 Å². The molecular weight excluding hydrogens is 304 g/mol. The molecular formula is C11H15BrN2S2. The van der Waals surface area contributed by atoms with Crippen molar-refractivity contribution in [1.82, 2.24) is 9.97 Å². The quantitative estimate of drug-likeness (QED) is 0.833. The molecule has 0 radical (unpaired) electrons. The Morgan fingerprint density at radius 1 is 1.56 bits per heavy atom. The second-order valence-corrected chi connectivity index (χ2v) is 7.09. The fourth-order valence-electron chi connectivity index (χ4n) is 1.49. The Bertz CT molecular complexity index is 438. The van der Waals surface area contributed by atoms with Crippen molar-refractivity contribution in [3.05, 3.63) is 20.6 Å². The van der Waals surface area contributed by atoms with E-state index >= 15 is 0 Å². The number of hydrogen-bond donors (Lipinski definition) is 1. The molecule has 2 nitrogen and oxygen atoms in total.